The highest BCUT2D eigenvalue weighted by Gasteiger charge is 2.14. The van der Waals surface area contributed by atoms with Crippen LogP contribution in [0.4, 0.5) is 0 Å². The van der Waals surface area contributed by atoms with Crippen molar-refractivity contribution < 1.29 is 4.79 Å². The lowest BCUT2D eigenvalue weighted by atomic mass is 10.2. The Kier molecular flexibility index (Phi) is 4.78. The number of likely N-dealkylation sites (N-methyl/N-ethyl adjacent to an activating group) is 2. The van der Waals surface area contributed by atoms with Crippen molar-refractivity contribution in [3.63, 3.8) is 0 Å². The van der Waals surface area contributed by atoms with E-state index in [4.69, 9.17) is 0 Å². The molecule has 1 aromatic rings. The largest absolute Gasteiger partial charge is 0.355 e. The molecule has 0 bridgehead atoms. The third-order valence-corrected chi connectivity index (χ3v) is 3.43. The summed E-state index contributed by atoms with van der Waals surface area (Å²) >= 11 is 1.73. The Bertz CT molecular complexity index is 298. The number of carbonyl (C=O) groups is 1. The van der Waals surface area contributed by atoms with E-state index in [1.165, 1.54) is 4.88 Å². The van der Waals surface area contributed by atoms with E-state index in [9.17, 15) is 4.79 Å². The zero-order valence-electron chi connectivity index (χ0n) is 9.49. The zero-order valence-corrected chi connectivity index (χ0v) is 10.3. The number of carbonyl (C=O) groups excluding carboxylic acids is 1. The third-order valence-electron chi connectivity index (χ3n) is 2.38. The molecular weight excluding hydrogens is 208 g/mol. The molecule has 1 aromatic heterocycles. The normalized spacial score (nSPS) is 12.8. The van der Waals surface area contributed by atoms with Gasteiger partial charge in [-0.05, 0) is 32.3 Å². The maximum absolute atomic E-state index is 11.4. The van der Waals surface area contributed by atoms with Gasteiger partial charge in [-0.2, -0.15) is 0 Å². The van der Waals surface area contributed by atoms with Gasteiger partial charge in [0.15, 0.2) is 0 Å². The lowest BCUT2D eigenvalue weighted by Crippen LogP contribution is -2.36. The number of amides is 1. The molecular formula is C11H18N2OS. The maximum atomic E-state index is 11.4. The molecule has 1 amide bonds. The van der Waals surface area contributed by atoms with Crippen LogP contribution in [0.15, 0.2) is 17.5 Å². The number of nitrogens with one attached hydrogen (secondary N) is 1. The summed E-state index contributed by atoms with van der Waals surface area (Å²) in [5.41, 5.74) is 0. The van der Waals surface area contributed by atoms with E-state index < -0.39 is 0 Å². The number of hydrogen-bond donors (Lipinski definition) is 1. The van der Waals surface area contributed by atoms with Crippen LogP contribution in [0.1, 0.15) is 24.8 Å². The van der Waals surface area contributed by atoms with Crippen molar-refractivity contribution in [2.24, 2.45) is 0 Å². The standard InChI is InChI=1S/C11H18N2OS/c1-4-12-11(14)8-13(3)9(2)10-6-5-7-15-10/h5-7,9H,4,8H2,1-3H3,(H,12,14). The minimum atomic E-state index is 0.0865. The van der Waals surface area contributed by atoms with Crippen LogP contribution in [-0.4, -0.2) is 30.9 Å². The number of rotatable bonds is 5. The van der Waals surface area contributed by atoms with Gasteiger partial charge in [-0.25, -0.2) is 0 Å². The van der Waals surface area contributed by atoms with Gasteiger partial charge in [0.25, 0.3) is 0 Å². The second-order valence-corrected chi connectivity index (χ2v) is 4.54. The highest BCUT2D eigenvalue weighted by Crippen LogP contribution is 2.22. The van der Waals surface area contributed by atoms with Crippen molar-refractivity contribution in [3.05, 3.63) is 22.4 Å². The minimum absolute atomic E-state index is 0.0865. The molecule has 15 heavy (non-hydrogen) atoms. The first-order valence-electron chi connectivity index (χ1n) is 5.15. The van der Waals surface area contributed by atoms with Gasteiger partial charge in [-0.3, -0.25) is 9.69 Å². The van der Waals surface area contributed by atoms with Gasteiger partial charge in [0.1, 0.15) is 0 Å². The van der Waals surface area contributed by atoms with Gasteiger partial charge in [-0.15, -0.1) is 11.3 Å². The molecule has 0 fully saturated rings. The van der Waals surface area contributed by atoms with Crippen molar-refractivity contribution in [2.75, 3.05) is 20.1 Å². The highest BCUT2D eigenvalue weighted by atomic mass is 32.1. The molecule has 0 saturated heterocycles. The van der Waals surface area contributed by atoms with Crippen LogP contribution < -0.4 is 5.32 Å². The fourth-order valence-corrected chi connectivity index (χ4v) is 2.21. The smallest absolute Gasteiger partial charge is 0.234 e. The fraction of sp³-hybridized carbons (Fsp3) is 0.545. The Morgan fingerprint density at radius 1 is 1.67 bits per heavy atom. The van der Waals surface area contributed by atoms with E-state index in [1.54, 1.807) is 11.3 Å². The average molecular weight is 226 g/mol. The monoisotopic (exact) mass is 226 g/mol. The summed E-state index contributed by atoms with van der Waals surface area (Å²) in [4.78, 5) is 14.7. The van der Waals surface area contributed by atoms with Crippen LogP contribution in [0.2, 0.25) is 0 Å². The van der Waals surface area contributed by atoms with Gasteiger partial charge in [-0.1, -0.05) is 6.07 Å². The van der Waals surface area contributed by atoms with Gasteiger partial charge >= 0.3 is 0 Å². The lowest BCUT2D eigenvalue weighted by molar-refractivity contribution is -0.122. The van der Waals surface area contributed by atoms with Crippen LogP contribution in [0.3, 0.4) is 0 Å². The van der Waals surface area contributed by atoms with E-state index in [0.29, 0.717) is 19.1 Å². The average Bonchev–Trinajstić information content (AvgIpc) is 2.69. The summed E-state index contributed by atoms with van der Waals surface area (Å²) in [5.74, 6) is 0.0865. The first-order chi connectivity index (χ1) is 7.15. The second kappa shape index (κ2) is 5.88. The predicted octanol–water partition coefficient (Wildman–Crippen LogP) is 1.88. The first kappa shape index (κ1) is 12.2. The Hall–Kier alpha value is -0.870. The number of nitrogens with zero attached hydrogens (tertiary/aromatic N) is 1. The number of hydrogen-bond acceptors (Lipinski definition) is 3. The molecule has 0 saturated carbocycles. The molecule has 84 valence electrons. The van der Waals surface area contributed by atoms with Crippen molar-refractivity contribution in [3.8, 4) is 0 Å². The van der Waals surface area contributed by atoms with E-state index in [1.807, 2.05) is 20.0 Å². The summed E-state index contributed by atoms with van der Waals surface area (Å²) < 4.78 is 0. The maximum Gasteiger partial charge on any atom is 0.234 e. The topological polar surface area (TPSA) is 32.3 Å². The molecule has 4 heteroatoms. The first-order valence-corrected chi connectivity index (χ1v) is 6.03. The van der Waals surface area contributed by atoms with Crippen molar-refractivity contribution in [1.29, 1.82) is 0 Å². The molecule has 0 aromatic carbocycles. The van der Waals surface area contributed by atoms with Crippen molar-refractivity contribution >= 4 is 17.2 Å². The molecule has 0 aliphatic heterocycles. The molecule has 1 atom stereocenters. The molecule has 0 aliphatic carbocycles. The van der Waals surface area contributed by atoms with Crippen molar-refractivity contribution in [2.45, 2.75) is 19.9 Å². The van der Waals surface area contributed by atoms with E-state index in [-0.39, 0.29) is 5.91 Å². The number of thiophene rings is 1. The van der Waals surface area contributed by atoms with Crippen LogP contribution in [0.25, 0.3) is 0 Å². The highest BCUT2D eigenvalue weighted by molar-refractivity contribution is 7.10. The molecule has 1 N–H and O–H groups in total. The lowest BCUT2D eigenvalue weighted by Gasteiger charge is -2.22. The molecule has 1 heterocycles. The van der Waals surface area contributed by atoms with Gasteiger partial charge < -0.3 is 5.32 Å². The van der Waals surface area contributed by atoms with Crippen LogP contribution >= 0.6 is 11.3 Å². The molecule has 1 unspecified atom stereocenters. The second-order valence-electron chi connectivity index (χ2n) is 3.56. The van der Waals surface area contributed by atoms with Gasteiger partial charge in [0.2, 0.25) is 5.91 Å². The summed E-state index contributed by atoms with van der Waals surface area (Å²) in [6, 6.07) is 4.44. The summed E-state index contributed by atoms with van der Waals surface area (Å²) in [5, 5.41) is 4.86. The summed E-state index contributed by atoms with van der Waals surface area (Å²) in [6.07, 6.45) is 0. The third kappa shape index (κ3) is 3.64. The van der Waals surface area contributed by atoms with Gasteiger partial charge in [0, 0.05) is 17.5 Å². The quantitative estimate of drug-likeness (QED) is 0.831. The Labute approximate surface area is 95.1 Å². The van der Waals surface area contributed by atoms with Crippen LogP contribution in [0, 0.1) is 0 Å². The van der Waals surface area contributed by atoms with Crippen LogP contribution in [0.5, 0.6) is 0 Å². The van der Waals surface area contributed by atoms with E-state index >= 15 is 0 Å². The fourth-order valence-electron chi connectivity index (χ4n) is 1.36. The molecule has 3 nitrogen and oxygen atoms in total. The Morgan fingerprint density at radius 2 is 2.40 bits per heavy atom. The molecule has 0 aliphatic rings. The van der Waals surface area contributed by atoms with E-state index in [2.05, 4.69) is 28.6 Å². The molecule has 0 radical (unpaired) electrons. The zero-order chi connectivity index (χ0) is 11.3. The van der Waals surface area contributed by atoms with Crippen molar-refractivity contribution in [1.82, 2.24) is 10.2 Å². The summed E-state index contributed by atoms with van der Waals surface area (Å²) in [7, 11) is 1.97. The summed E-state index contributed by atoms with van der Waals surface area (Å²) in [6.45, 7) is 5.19. The Balaban J connectivity index is 2.46. The van der Waals surface area contributed by atoms with Crippen LogP contribution in [-0.2, 0) is 4.79 Å². The van der Waals surface area contributed by atoms with Gasteiger partial charge in [0.05, 0.1) is 6.54 Å². The SMILES string of the molecule is CCNC(=O)CN(C)C(C)c1cccs1. The Morgan fingerprint density at radius 3 is 2.93 bits per heavy atom. The molecule has 1 rings (SSSR count). The van der Waals surface area contributed by atoms with E-state index in [0.717, 1.165) is 0 Å². The minimum Gasteiger partial charge on any atom is -0.355 e. The molecule has 0 spiro atoms. The predicted molar refractivity (Wildman–Crippen MR) is 64.0 cm³/mol.